The van der Waals surface area contributed by atoms with Crippen molar-refractivity contribution in [3.63, 3.8) is 0 Å². The van der Waals surface area contributed by atoms with Gasteiger partial charge >= 0.3 is 5.97 Å². The van der Waals surface area contributed by atoms with Crippen molar-refractivity contribution in [3.8, 4) is 0 Å². The monoisotopic (exact) mass is 312 g/mol. The van der Waals surface area contributed by atoms with E-state index in [1.165, 1.54) is 0 Å². The molecule has 1 aromatic rings. The predicted octanol–water partition coefficient (Wildman–Crippen LogP) is 2.09. The number of anilines is 1. The minimum atomic E-state index is -0.756. The van der Waals surface area contributed by atoms with Crippen LogP contribution in [0.4, 0.5) is 5.69 Å². The number of hydrogen-bond donors (Lipinski definition) is 2. The fourth-order valence-electron chi connectivity index (χ4n) is 2.32. The first-order chi connectivity index (χ1) is 8.58. The number of hydrogen-bond acceptors (Lipinski definition) is 3. The van der Waals surface area contributed by atoms with E-state index in [4.69, 9.17) is 5.11 Å². The Hall–Kier alpha value is -1.07. The van der Waals surface area contributed by atoms with E-state index in [0.29, 0.717) is 12.6 Å². The lowest BCUT2D eigenvalue weighted by Crippen LogP contribution is -2.56. The van der Waals surface area contributed by atoms with Gasteiger partial charge in [0.15, 0.2) is 0 Å². The van der Waals surface area contributed by atoms with Crippen LogP contribution in [0.3, 0.4) is 0 Å². The van der Waals surface area contributed by atoms with Crippen LogP contribution in [0.2, 0.25) is 0 Å². The van der Waals surface area contributed by atoms with E-state index < -0.39 is 5.97 Å². The normalized spacial score (nSPS) is 24.0. The Labute approximate surface area is 115 Å². The highest BCUT2D eigenvalue weighted by molar-refractivity contribution is 9.10. The number of aliphatic carboxylic acids is 1. The maximum atomic E-state index is 10.9. The highest BCUT2D eigenvalue weighted by atomic mass is 79.9. The second-order valence-electron chi connectivity index (χ2n) is 4.66. The van der Waals surface area contributed by atoms with Crippen molar-refractivity contribution >= 4 is 27.6 Å². The van der Waals surface area contributed by atoms with Gasteiger partial charge in [0.2, 0.25) is 0 Å². The molecule has 1 aromatic carbocycles. The number of rotatable bonds is 3. The first kappa shape index (κ1) is 13.4. The molecular formula is C13H17BrN2O2. The lowest BCUT2D eigenvalue weighted by molar-refractivity contribution is -0.137. The van der Waals surface area contributed by atoms with Gasteiger partial charge in [-0.3, -0.25) is 4.79 Å². The molecule has 2 N–H and O–H groups in total. The topological polar surface area (TPSA) is 52.6 Å². The second kappa shape index (κ2) is 5.71. The lowest BCUT2D eigenvalue weighted by Gasteiger charge is -2.40. The number of benzene rings is 1. The number of nitrogens with one attached hydrogen (secondary N) is 1. The van der Waals surface area contributed by atoms with Gasteiger partial charge in [0.1, 0.15) is 0 Å². The first-order valence-corrected chi connectivity index (χ1v) is 6.83. The molecule has 0 aromatic heterocycles. The Bertz CT molecular complexity index is 439. The van der Waals surface area contributed by atoms with Crippen LogP contribution in [-0.4, -0.2) is 36.2 Å². The van der Waals surface area contributed by atoms with E-state index in [2.05, 4.69) is 33.1 Å². The molecule has 0 amide bonds. The number of halogens is 1. The molecule has 1 saturated heterocycles. The fourth-order valence-corrected chi connectivity index (χ4v) is 2.83. The molecule has 2 rings (SSSR count). The summed E-state index contributed by atoms with van der Waals surface area (Å²) in [4.78, 5) is 13.1. The van der Waals surface area contributed by atoms with Gasteiger partial charge in [0.25, 0.3) is 0 Å². The Balaban J connectivity index is 2.25. The number of carboxylic acids is 1. The summed E-state index contributed by atoms with van der Waals surface area (Å²) < 4.78 is 1.01. The van der Waals surface area contributed by atoms with E-state index in [9.17, 15) is 4.79 Å². The zero-order chi connectivity index (χ0) is 13.1. The highest BCUT2D eigenvalue weighted by Crippen LogP contribution is 2.29. The summed E-state index contributed by atoms with van der Waals surface area (Å²) in [6, 6.07) is 8.31. The largest absolute Gasteiger partial charge is 0.481 e. The molecule has 1 fully saturated rings. The Morgan fingerprint density at radius 3 is 2.94 bits per heavy atom. The van der Waals surface area contributed by atoms with Gasteiger partial charge in [-0.05, 0) is 35.0 Å². The average molecular weight is 313 g/mol. The molecule has 5 heteroatoms. The molecule has 4 nitrogen and oxygen atoms in total. The third-order valence-electron chi connectivity index (χ3n) is 3.19. The van der Waals surface area contributed by atoms with E-state index in [-0.39, 0.29) is 12.5 Å². The fraction of sp³-hybridized carbons (Fsp3) is 0.462. The van der Waals surface area contributed by atoms with E-state index in [0.717, 1.165) is 16.7 Å². The summed E-state index contributed by atoms with van der Waals surface area (Å²) in [5, 5.41) is 12.3. The van der Waals surface area contributed by atoms with Gasteiger partial charge in [-0.2, -0.15) is 0 Å². The van der Waals surface area contributed by atoms with Gasteiger partial charge in [-0.25, -0.2) is 0 Å². The van der Waals surface area contributed by atoms with E-state index in [1.807, 2.05) is 24.3 Å². The molecule has 18 heavy (non-hydrogen) atoms. The standard InChI is InChI=1S/C13H17BrN2O2/c1-9-8-16(10(7-15-9)6-13(17)18)12-5-3-2-4-11(12)14/h2-5,9-10,15H,6-8H2,1H3,(H,17,18). The number of carboxylic acid groups (broad SMARTS) is 1. The van der Waals surface area contributed by atoms with Crippen molar-refractivity contribution in [1.82, 2.24) is 5.32 Å². The summed E-state index contributed by atoms with van der Waals surface area (Å²) >= 11 is 3.54. The van der Waals surface area contributed by atoms with E-state index in [1.54, 1.807) is 0 Å². The number of para-hydroxylation sites is 1. The average Bonchev–Trinajstić information content (AvgIpc) is 2.32. The van der Waals surface area contributed by atoms with Crippen LogP contribution in [0, 0.1) is 0 Å². The molecule has 0 aliphatic carbocycles. The SMILES string of the molecule is CC1CN(c2ccccc2Br)C(CC(=O)O)CN1. The van der Waals surface area contributed by atoms with Gasteiger partial charge < -0.3 is 15.3 Å². The maximum Gasteiger partial charge on any atom is 0.305 e. The van der Waals surface area contributed by atoms with Crippen molar-refractivity contribution in [2.75, 3.05) is 18.0 Å². The van der Waals surface area contributed by atoms with Crippen LogP contribution in [0.1, 0.15) is 13.3 Å². The Morgan fingerprint density at radius 1 is 1.56 bits per heavy atom. The minimum absolute atomic E-state index is 0.00241. The van der Waals surface area contributed by atoms with Gasteiger partial charge in [-0.1, -0.05) is 12.1 Å². The molecule has 0 saturated carbocycles. The summed E-state index contributed by atoms with van der Waals surface area (Å²) in [7, 11) is 0. The summed E-state index contributed by atoms with van der Waals surface area (Å²) in [6.45, 7) is 3.64. The van der Waals surface area contributed by atoms with Gasteiger partial charge in [0.05, 0.1) is 18.2 Å². The number of nitrogens with zero attached hydrogens (tertiary/aromatic N) is 1. The predicted molar refractivity (Wildman–Crippen MR) is 75.0 cm³/mol. The van der Waals surface area contributed by atoms with Crippen LogP contribution in [-0.2, 0) is 4.79 Å². The van der Waals surface area contributed by atoms with Crippen molar-refractivity contribution in [2.45, 2.75) is 25.4 Å². The van der Waals surface area contributed by atoms with Crippen molar-refractivity contribution < 1.29 is 9.90 Å². The van der Waals surface area contributed by atoms with Crippen molar-refractivity contribution in [2.24, 2.45) is 0 Å². The van der Waals surface area contributed by atoms with Crippen LogP contribution < -0.4 is 10.2 Å². The highest BCUT2D eigenvalue weighted by Gasteiger charge is 2.28. The smallest absolute Gasteiger partial charge is 0.305 e. The molecule has 0 spiro atoms. The number of piperazine rings is 1. The van der Waals surface area contributed by atoms with Crippen LogP contribution in [0.25, 0.3) is 0 Å². The summed E-state index contributed by atoms with van der Waals surface area (Å²) in [5.41, 5.74) is 1.07. The van der Waals surface area contributed by atoms with Gasteiger partial charge in [0, 0.05) is 23.6 Å². The molecule has 1 aliphatic heterocycles. The molecule has 0 radical (unpaired) electrons. The summed E-state index contributed by atoms with van der Waals surface area (Å²) in [6.07, 6.45) is 0.154. The summed E-state index contributed by atoms with van der Waals surface area (Å²) in [5.74, 6) is -0.756. The van der Waals surface area contributed by atoms with Crippen molar-refractivity contribution in [1.29, 1.82) is 0 Å². The quantitative estimate of drug-likeness (QED) is 0.897. The number of carbonyl (C=O) groups is 1. The zero-order valence-electron chi connectivity index (χ0n) is 10.3. The zero-order valence-corrected chi connectivity index (χ0v) is 11.9. The molecular weight excluding hydrogens is 296 g/mol. The van der Waals surface area contributed by atoms with Crippen LogP contribution >= 0.6 is 15.9 Å². The maximum absolute atomic E-state index is 10.9. The third-order valence-corrected chi connectivity index (χ3v) is 3.86. The molecule has 2 unspecified atom stereocenters. The lowest BCUT2D eigenvalue weighted by atomic mass is 10.1. The minimum Gasteiger partial charge on any atom is -0.481 e. The molecule has 1 aliphatic rings. The van der Waals surface area contributed by atoms with Crippen LogP contribution in [0.5, 0.6) is 0 Å². The molecule has 0 bridgehead atoms. The second-order valence-corrected chi connectivity index (χ2v) is 5.52. The van der Waals surface area contributed by atoms with Crippen LogP contribution in [0.15, 0.2) is 28.7 Å². The first-order valence-electron chi connectivity index (χ1n) is 6.04. The van der Waals surface area contributed by atoms with Crippen molar-refractivity contribution in [3.05, 3.63) is 28.7 Å². The molecule has 1 heterocycles. The molecule has 98 valence electrons. The third kappa shape index (κ3) is 3.03. The van der Waals surface area contributed by atoms with Gasteiger partial charge in [-0.15, -0.1) is 0 Å². The Kier molecular flexibility index (Phi) is 4.24. The van der Waals surface area contributed by atoms with E-state index >= 15 is 0 Å². The molecule has 2 atom stereocenters. The Morgan fingerprint density at radius 2 is 2.28 bits per heavy atom.